The first kappa shape index (κ1) is 19.8. The molecule has 4 rings (SSSR count). The number of amides is 2. The highest BCUT2D eigenvalue weighted by atomic mass is 32.2. The van der Waals surface area contributed by atoms with Crippen molar-refractivity contribution in [1.29, 1.82) is 0 Å². The van der Waals surface area contributed by atoms with Gasteiger partial charge in [-0.05, 0) is 42.5 Å². The van der Waals surface area contributed by atoms with Gasteiger partial charge in [0.2, 0.25) is 5.91 Å². The fourth-order valence-electron chi connectivity index (χ4n) is 4.05. The molecule has 0 spiro atoms. The number of carbonyl (C=O) groups is 2. The van der Waals surface area contributed by atoms with Crippen LogP contribution < -0.4 is 10.2 Å². The molecule has 1 heterocycles. The van der Waals surface area contributed by atoms with E-state index in [2.05, 4.69) is 12.2 Å². The molecule has 2 aliphatic rings. The Hall–Kier alpha value is -2.53. The molecule has 0 saturated heterocycles. The summed E-state index contributed by atoms with van der Waals surface area (Å²) in [6.45, 7) is 2.24. The van der Waals surface area contributed by atoms with E-state index >= 15 is 0 Å². The Morgan fingerprint density at radius 1 is 1.10 bits per heavy atom. The van der Waals surface area contributed by atoms with Crippen molar-refractivity contribution in [3.63, 3.8) is 0 Å². The number of nitrogens with zero attached hydrogens (tertiary/aromatic N) is 1. The number of hydrogen-bond donors (Lipinski definition) is 1. The second kappa shape index (κ2) is 8.87. The quantitative estimate of drug-likeness (QED) is 0.738. The van der Waals surface area contributed by atoms with Crippen LogP contribution in [0, 0.1) is 5.92 Å². The second-order valence-corrected chi connectivity index (χ2v) is 8.90. The third-order valence-corrected chi connectivity index (χ3v) is 6.77. The topological polar surface area (TPSA) is 49.4 Å². The lowest BCUT2D eigenvalue weighted by Gasteiger charge is -2.32. The number of benzene rings is 2. The third-order valence-electron chi connectivity index (χ3n) is 5.69. The number of hydrogen-bond acceptors (Lipinski definition) is 3. The molecule has 1 N–H and O–H groups in total. The molecule has 2 aromatic rings. The SMILES string of the molecule is C[C@H]1CCCC[C@@H]1NC(=O)CN1C(=O)/C(=C/c2ccccc2)Sc2ccccc21. The lowest BCUT2D eigenvalue weighted by molar-refractivity contribution is -0.123. The maximum Gasteiger partial charge on any atom is 0.265 e. The number of rotatable bonds is 4. The number of para-hydroxylation sites is 1. The standard InChI is InChI=1S/C24H26N2O2S/c1-17-9-5-6-12-19(17)25-23(27)16-26-20-13-7-8-14-21(20)29-22(24(26)28)15-18-10-3-2-4-11-18/h2-4,7-8,10-11,13-15,17,19H,5-6,9,12,16H2,1H3,(H,25,27)/b22-15-/t17-,19-/m0/s1. The van der Waals surface area contributed by atoms with Gasteiger partial charge in [0.05, 0.1) is 10.6 Å². The smallest absolute Gasteiger partial charge is 0.265 e. The van der Waals surface area contributed by atoms with Crippen molar-refractivity contribution in [3.05, 3.63) is 65.1 Å². The van der Waals surface area contributed by atoms with E-state index in [1.54, 1.807) is 4.90 Å². The molecule has 5 heteroatoms. The van der Waals surface area contributed by atoms with E-state index < -0.39 is 0 Å². The van der Waals surface area contributed by atoms with Crippen molar-refractivity contribution in [2.45, 2.75) is 43.5 Å². The van der Waals surface area contributed by atoms with Gasteiger partial charge in [0.1, 0.15) is 6.54 Å². The van der Waals surface area contributed by atoms with Crippen LogP contribution in [0.25, 0.3) is 6.08 Å². The summed E-state index contributed by atoms with van der Waals surface area (Å²) in [5, 5.41) is 3.17. The fourth-order valence-corrected chi connectivity index (χ4v) is 5.11. The minimum absolute atomic E-state index is 0.0474. The fraction of sp³-hybridized carbons (Fsp3) is 0.333. The molecule has 0 bridgehead atoms. The Kier molecular flexibility index (Phi) is 6.05. The van der Waals surface area contributed by atoms with E-state index in [0.29, 0.717) is 10.8 Å². The van der Waals surface area contributed by atoms with Crippen LogP contribution in [-0.4, -0.2) is 24.4 Å². The molecule has 1 fully saturated rings. The summed E-state index contributed by atoms with van der Waals surface area (Å²) in [4.78, 5) is 29.3. The van der Waals surface area contributed by atoms with Gasteiger partial charge in [0.25, 0.3) is 5.91 Å². The van der Waals surface area contributed by atoms with E-state index in [1.807, 2.05) is 60.7 Å². The molecule has 0 radical (unpaired) electrons. The molecule has 150 valence electrons. The number of nitrogens with one attached hydrogen (secondary N) is 1. The van der Waals surface area contributed by atoms with Gasteiger partial charge >= 0.3 is 0 Å². The van der Waals surface area contributed by atoms with Crippen molar-refractivity contribution < 1.29 is 9.59 Å². The van der Waals surface area contributed by atoms with E-state index in [4.69, 9.17) is 0 Å². The molecular formula is C24H26N2O2S. The maximum absolute atomic E-state index is 13.2. The average molecular weight is 407 g/mol. The van der Waals surface area contributed by atoms with E-state index in [9.17, 15) is 9.59 Å². The molecule has 29 heavy (non-hydrogen) atoms. The van der Waals surface area contributed by atoms with Crippen LogP contribution in [0.1, 0.15) is 38.2 Å². The average Bonchev–Trinajstić information content (AvgIpc) is 2.73. The molecule has 1 aliphatic heterocycles. The molecule has 4 nitrogen and oxygen atoms in total. The molecule has 1 aliphatic carbocycles. The molecule has 0 aromatic heterocycles. The predicted octanol–water partition coefficient (Wildman–Crippen LogP) is 4.86. The summed E-state index contributed by atoms with van der Waals surface area (Å²) in [7, 11) is 0. The number of carbonyl (C=O) groups excluding carboxylic acids is 2. The van der Waals surface area contributed by atoms with Crippen LogP contribution in [0.15, 0.2) is 64.4 Å². The van der Waals surface area contributed by atoms with Gasteiger partial charge in [-0.1, -0.05) is 74.0 Å². The van der Waals surface area contributed by atoms with Crippen LogP contribution >= 0.6 is 11.8 Å². The number of fused-ring (bicyclic) bond motifs is 1. The summed E-state index contributed by atoms with van der Waals surface area (Å²) < 4.78 is 0. The molecule has 0 unspecified atom stereocenters. The Bertz CT molecular complexity index is 925. The summed E-state index contributed by atoms with van der Waals surface area (Å²) in [6.07, 6.45) is 6.46. The van der Waals surface area contributed by atoms with Gasteiger partial charge in [0, 0.05) is 10.9 Å². The largest absolute Gasteiger partial charge is 0.352 e. The zero-order valence-corrected chi connectivity index (χ0v) is 17.5. The summed E-state index contributed by atoms with van der Waals surface area (Å²) in [6, 6.07) is 17.8. The van der Waals surface area contributed by atoms with Gasteiger partial charge in [-0.3, -0.25) is 14.5 Å². The third kappa shape index (κ3) is 4.56. The van der Waals surface area contributed by atoms with Crippen LogP contribution in [0.4, 0.5) is 5.69 Å². The summed E-state index contributed by atoms with van der Waals surface area (Å²) in [5.41, 5.74) is 1.78. The molecule has 2 aromatic carbocycles. The molecular weight excluding hydrogens is 380 g/mol. The van der Waals surface area contributed by atoms with Crippen LogP contribution in [0.5, 0.6) is 0 Å². The van der Waals surface area contributed by atoms with E-state index in [1.165, 1.54) is 18.2 Å². The van der Waals surface area contributed by atoms with E-state index in [-0.39, 0.29) is 24.4 Å². The molecule has 2 amide bonds. The maximum atomic E-state index is 13.2. The highest BCUT2D eigenvalue weighted by molar-refractivity contribution is 8.04. The van der Waals surface area contributed by atoms with Crippen molar-refractivity contribution in [3.8, 4) is 0 Å². The number of anilines is 1. The Morgan fingerprint density at radius 3 is 2.62 bits per heavy atom. The zero-order valence-electron chi connectivity index (χ0n) is 16.6. The normalized spacial score (nSPS) is 23.0. The predicted molar refractivity (Wildman–Crippen MR) is 119 cm³/mol. The van der Waals surface area contributed by atoms with Gasteiger partial charge < -0.3 is 5.32 Å². The monoisotopic (exact) mass is 406 g/mol. The lowest BCUT2D eigenvalue weighted by Crippen LogP contribution is -2.48. The van der Waals surface area contributed by atoms with Gasteiger partial charge in [-0.25, -0.2) is 0 Å². The van der Waals surface area contributed by atoms with Gasteiger partial charge in [-0.15, -0.1) is 0 Å². The van der Waals surface area contributed by atoms with E-state index in [0.717, 1.165) is 35.4 Å². The first-order chi connectivity index (χ1) is 14.1. The Labute approximate surface area is 176 Å². The van der Waals surface area contributed by atoms with Crippen molar-refractivity contribution in [2.75, 3.05) is 11.4 Å². The van der Waals surface area contributed by atoms with Crippen LogP contribution in [0.2, 0.25) is 0 Å². The molecule has 2 atom stereocenters. The lowest BCUT2D eigenvalue weighted by atomic mass is 9.86. The van der Waals surface area contributed by atoms with Crippen LogP contribution in [-0.2, 0) is 9.59 Å². The first-order valence-corrected chi connectivity index (χ1v) is 11.1. The van der Waals surface area contributed by atoms with Gasteiger partial charge in [-0.2, -0.15) is 0 Å². The van der Waals surface area contributed by atoms with Crippen molar-refractivity contribution in [1.82, 2.24) is 5.32 Å². The van der Waals surface area contributed by atoms with Crippen molar-refractivity contribution >= 4 is 35.3 Å². The second-order valence-electron chi connectivity index (χ2n) is 7.82. The summed E-state index contributed by atoms with van der Waals surface area (Å²) >= 11 is 1.47. The minimum atomic E-state index is -0.121. The van der Waals surface area contributed by atoms with Gasteiger partial charge in [0.15, 0.2) is 0 Å². The first-order valence-electron chi connectivity index (χ1n) is 10.3. The van der Waals surface area contributed by atoms with Crippen LogP contribution in [0.3, 0.4) is 0 Å². The number of thioether (sulfide) groups is 1. The summed E-state index contributed by atoms with van der Waals surface area (Å²) in [5.74, 6) is 0.281. The van der Waals surface area contributed by atoms with Crippen molar-refractivity contribution in [2.24, 2.45) is 5.92 Å². The molecule has 1 saturated carbocycles. The highest BCUT2D eigenvalue weighted by Gasteiger charge is 2.31. The Balaban J connectivity index is 1.56. The highest BCUT2D eigenvalue weighted by Crippen LogP contribution is 2.41. The minimum Gasteiger partial charge on any atom is -0.352 e. The Morgan fingerprint density at radius 2 is 1.83 bits per heavy atom. The zero-order chi connectivity index (χ0) is 20.2.